The van der Waals surface area contributed by atoms with Gasteiger partial charge in [0.2, 0.25) is 0 Å². The Hall–Kier alpha value is -2.49. The van der Waals surface area contributed by atoms with Crippen molar-refractivity contribution in [1.29, 1.82) is 0 Å². The van der Waals surface area contributed by atoms with Gasteiger partial charge in [-0.2, -0.15) is 0 Å². The summed E-state index contributed by atoms with van der Waals surface area (Å²) in [6.07, 6.45) is 1.48. The van der Waals surface area contributed by atoms with Gasteiger partial charge in [-0.1, -0.05) is 51.1 Å². The molecule has 4 heteroatoms. The van der Waals surface area contributed by atoms with Crippen molar-refractivity contribution in [1.82, 2.24) is 0 Å². The van der Waals surface area contributed by atoms with Gasteiger partial charge in [-0.05, 0) is 47.1 Å². The van der Waals surface area contributed by atoms with Crippen molar-refractivity contribution in [3.8, 4) is 11.5 Å². The van der Waals surface area contributed by atoms with Crippen molar-refractivity contribution in [2.24, 2.45) is 11.8 Å². The summed E-state index contributed by atoms with van der Waals surface area (Å²) in [5.41, 5.74) is 3.72. The maximum Gasteiger partial charge on any atom is 0.309 e. The molecule has 1 aliphatic heterocycles. The summed E-state index contributed by atoms with van der Waals surface area (Å²) < 4.78 is 16.1. The van der Waals surface area contributed by atoms with Gasteiger partial charge >= 0.3 is 5.97 Å². The number of rotatable bonds is 6. The number of hydrogen-bond acceptors (Lipinski definition) is 4. The summed E-state index contributed by atoms with van der Waals surface area (Å²) in [6, 6.07) is 14.5. The Balaban J connectivity index is 1.73. The molecular formula is C24H30O4. The molecule has 0 bridgehead atoms. The zero-order valence-corrected chi connectivity index (χ0v) is 17.5. The van der Waals surface area contributed by atoms with Crippen LogP contribution in [-0.4, -0.2) is 26.8 Å². The average Bonchev–Trinajstić information content (AvgIpc) is 3.01. The Bertz CT molecular complexity index is 817. The molecule has 0 saturated carbocycles. The van der Waals surface area contributed by atoms with Crippen LogP contribution in [0.2, 0.25) is 0 Å². The van der Waals surface area contributed by atoms with Gasteiger partial charge in [-0.3, -0.25) is 4.79 Å². The minimum Gasteiger partial charge on any atom is -0.493 e. The van der Waals surface area contributed by atoms with Crippen molar-refractivity contribution in [3.05, 3.63) is 59.2 Å². The maximum absolute atomic E-state index is 12.4. The van der Waals surface area contributed by atoms with Crippen molar-refractivity contribution in [2.75, 3.05) is 20.8 Å². The fourth-order valence-corrected chi connectivity index (χ4v) is 3.76. The third-order valence-corrected chi connectivity index (χ3v) is 5.53. The van der Waals surface area contributed by atoms with E-state index in [0.717, 1.165) is 12.0 Å². The van der Waals surface area contributed by atoms with Gasteiger partial charge < -0.3 is 14.2 Å². The van der Waals surface area contributed by atoms with Gasteiger partial charge in [0.15, 0.2) is 11.5 Å². The molecule has 2 aromatic carbocycles. The van der Waals surface area contributed by atoms with Gasteiger partial charge in [0, 0.05) is 5.92 Å². The smallest absolute Gasteiger partial charge is 0.309 e. The fourth-order valence-electron chi connectivity index (χ4n) is 3.76. The van der Waals surface area contributed by atoms with Crippen molar-refractivity contribution in [2.45, 2.75) is 39.0 Å². The number of hydrogen-bond donors (Lipinski definition) is 0. The summed E-state index contributed by atoms with van der Waals surface area (Å²) in [7, 11) is 3.26. The number of benzene rings is 2. The highest BCUT2D eigenvalue weighted by Gasteiger charge is 2.36. The molecule has 0 aromatic heterocycles. The van der Waals surface area contributed by atoms with E-state index in [9.17, 15) is 4.79 Å². The molecule has 1 aliphatic rings. The average molecular weight is 383 g/mol. The number of methoxy groups -OCH3 is 2. The molecule has 0 radical (unpaired) electrons. The quantitative estimate of drug-likeness (QED) is 0.686. The minimum atomic E-state index is -0.117. The lowest BCUT2D eigenvalue weighted by Crippen LogP contribution is -2.21. The van der Waals surface area contributed by atoms with Crippen LogP contribution in [0.1, 0.15) is 37.5 Å². The lowest BCUT2D eigenvalue weighted by Gasteiger charge is -2.20. The Morgan fingerprint density at radius 2 is 1.57 bits per heavy atom. The number of esters is 1. The highest BCUT2D eigenvalue weighted by Crippen LogP contribution is 2.33. The Kier molecular flexibility index (Phi) is 5.97. The third kappa shape index (κ3) is 4.49. The number of carbonyl (C=O) groups is 1. The molecule has 0 unspecified atom stereocenters. The van der Waals surface area contributed by atoms with Crippen molar-refractivity contribution < 1.29 is 19.0 Å². The largest absolute Gasteiger partial charge is 0.493 e. The van der Waals surface area contributed by atoms with E-state index in [4.69, 9.17) is 14.2 Å². The second kappa shape index (κ2) is 8.26. The van der Waals surface area contributed by atoms with Crippen LogP contribution in [0.25, 0.3) is 0 Å². The number of ether oxygens (including phenoxy) is 3. The monoisotopic (exact) mass is 382 g/mol. The molecule has 4 nitrogen and oxygen atoms in total. The van der Waals surface area contributed by atoms with Crippen LogP contribution in [-0.2, 0) is 27.8 Å². The van der Waals surface area contributed by atoms with Crippen LogP contribution in [0.4, 0.5) is 0 Å². The Morgan fingerprint density at radius 1 is 0.929 bits per heavy atom. The van der Waals surface area contributed by atoms with E-state index in [-0.39, 0.29) is 23.2 Å². The molecule has 28 heavy (non-hydrogen) atoms. The molecule has 0 aliphatic carbocycles. The Labute approximate surface area is 167 Å². The number of cyclic esters (lactones) is 1. The van der Waals surface area contributed by atoms with Gasteiger partial charge in [-0.15, -0.1) is 0 Å². The molecule has 0 spiro atoms. The third-order valence-electron chi connectivity index (χ3n) is 5.53. The molecule has 0 N–H and O–H groups in total. The van der Waals surface area contributed by atoms with E-state index < -0.39 is 0 Å². The summed E-state index contributed by atoms with van der Waals surface area (Å²) in [5, 5.41) is 0. The predicted molar refractivity (Wildman–Crippen MR) is 110 cm³/mol. The molecule has 0 amide bonds. The minimum absolute atomic E-state index is 0.0922. The lowest BCUT2D eigenvalue weighted by atomic mass is 9.83. The molecule has 150 valence electrons. The Morgan fingerprint density at radius 3 is 2.18 bits per heavy atom. The first-order valence-corrected chi connectivity index (χ1v) is 9.78. The summed E-state index contributed by atoms with van der Waals surface area (Å²) in [5.74, 6) is 1.37. The lowest BCUT2D eigenvalue weighted by molar-refractivity contribution is -0.141. The first-order valence-electron chi connectivity index (χ1n) is 9.78. The van der Waals surface area contributed by atoms with E-state index in [1.165, 1.54) is 11.1 Å². The molecule has 2 atom stereocenters. The summed E-state index contributed by atoms with van der Waals surface area (Å²) in [6.45, 7) is 7.08. The van der Waals surface area contributed by atoms with Crippen LogP contribution in [0.5, 0.6) is 11.5 Å². The van der Waals surface area contributed by atoms with E-state index in [0.29, 0.717) is 24.5 Å². The van der Waals surface area contributed by atoms with Crippen LogP contribution >= 0.6 is 0 Å². The van der Waals surface area contributed by atoms with Gasteiger partial charge in [-0.25, -0.2) is 0 Å². The fraction of sp³-hybridized carbons (Fsp3) is 0.458. The second-order valence-electron chi connectivity index (χ2n) is 8.54. The van der Waals surface area contributed by atoms with Crippen molar-refractivity contribution in [3.63, 3.8) is 0 Å². The molecule has 3 rings (SSSR count). The number of carbonyl (C=O) groups excluding carboxylic acids is 1. The standard InChI is InChI=1S/C24H30O4/c1-24(2,3)19-9-6-16(7-10-19)13-20-18(15-28-23(20)25)12-17-8-11-21(26-4)22(14-17)27-5/h6-11,14,18,20H,12-13,15H2,1-5H3/t18-,20+/m0/s1. The van der Waals surface area contributed by atoms with Gasteiger partial charge in [0.25, 0.3) is 0 Å². The van der Waals surface area contributed by atoms with E-state index in [2.05, 4.69) is 45.0 Å². The van der Waals surface area contributed by atoms with Gasteiger partial charge in [0.05, 0.1) is 26.7 Å². The van der Waals surface area contributed by atoms with Crippen LogP contribution in [0.3, 0.4) is 0 Å². The first-order chi connectivity index (χ1) is 13.3. The van der Waals surface area contributed by atoms with Crippen LogP contribution < -0.4 is 9.47 Å². The van der Waals surface area contributed by atoms with Gasteiger partial charge in [0.1, 0.15) is 0 Å². The molecule has 2 aromatic rings. The van der Waals surface area contributed by atoms with E-state index >= 15 is 0 Å². The SMILES string of the molecule is COc1ccc(C[C@H]2COC(=O)[C@@H]2Cc2ccc(C(C)(C)C)cc2)cc1OC. The summed E-state index contributed by atoms with van der Waals surface area (Å²) in [4.78, 5) is 12.4. The zero-order valence-electron chi connectivity index (χ0n) is 17.5. The van der Waals surface area contributed by atoms with Crippen LogP contribution in [0, 0.1) is 11.8 Å². The molecule has 1 heterocycles. The molecular weight excluding hydrogens is 352 g/mol. The van der Waals surface area contributed by atoms with Crippen molar-refractivity contribution >= 4 is 5.97 Å². The topological polar surface area (TPSA) is 44.8 Å². The van der Waals surface area contributed by atoms with E-state index in [1.807, 2.05) is 18.2 Å². The second-order valence-corrected chi connectivity index (χ2v) is 8.54. The maximum atomic E-state index is 12.4. The zero-order chi connectivity index (χ0) is 20.3. The normalized spacial score (nSPS) is 19.4. The molecule has 1 fully saturated rings. The highest BCUT2D eigenvalue weighted by atomic mass is 16.5. The molecule has 1 saturated heterocycles. The van der Waals surface area contributed by atoms with Crippen LogP contribution in [0.15, 0.2) is 42.5 Å². The highest BCUT2D eigenvalue weighted by molar-refractivity contribution is 5.75. The van der Waals surface area contributed by atoms with E-state index in [1.54, 1.807) is 14.2 Å². The summed E-state index contributed by atoms with van der Waals surface area (Å²) >= 11 is 0. The first kappa shape index (κ1) is 20.2. The predicted octanol–water partition coefficient (Wildman–Crippen LogP) is 4.58.